The third kappa shape index (κ3) is 4.70. The van der Waals surface area contributed by atoms with Crippen molar-refractivity contribution < 1.29 is 14.3 Å². The summed E-state index contributed by atoms with van der Waals surface area (Å²) < 4.78 is 16.3. The number of aromatic nitrogens is 5. The van der Waals surface area contributed by atoms with Crippen LogP contribution in [0.4, 0.5) is 4.39 Å². The van der Waals surface area contributed by atoms with Gasteiger partial charge in [0.25, 0.3) is 0 Å². The number of nitrogens with zero attached hydrogens (tertiary/aromatic N) is 6. The lowest BCUT2D eigenvalue weighted by molar-refractivity contribution is 0.0697. The van der Waals surface area contributed by atoms with Crippen molar-refractivity contribution in [2.45, 2.75) is 31.6 Å². The number of aromatic carboxylic acids is 1. The van der Waals surface area contributed by atoms with Crippen LogP contribution in [0.3, 0.4) is 0 Å². The van der Waals surface area contributed by atoms with Crippen LogP contribution in [0.1, 0.15) is 52.5 Å². The molecule has 0 bridgehead atoms. The van der Waals surface area contributed by atoms with Crippen LogP contribution in [0.2, 0.25) is 5.02 Å². The summed E-state index contributed by atoms with van der Waals surface area (Å²) in [5, 5.41) is 22.8. The molecule has 0 radical (unpaired) electrons. The molecule has 1 unspecified atom stereocenters. The molecule has 4 heterocycles. The van der Waals surface area contributed by atoms with Crippen LogP contribution in [0.15, 0.2) is 59.4 Å². The molecule has 1 aromatic carbocycles. The number of carboxylic acids is 1. The Morgan fingerprint density at radius 1 is 1.24 bits per heavy atom. The van der Waals surface area contributed by atoms with Crippen molar-refractivity contribution in [3.05, 3.63) is 81.4 Å². The Kier molecular flexibility index (Phi) is 6.13. The largest absolute Gasteiger partial charge is 0.477 e. The van der Waals surface area contributed by atoms with E-state index in [1.807, 2.05) is 30.5 Å². The van der Waals surface area contributed by atoms with Gasteiger partial charge in [0.2, 0.25) is 0 Å². The highest BCUT2D eigenvalue weighted by molar-refractivity contribution is 7.12. The van der Waals surface area contributed by atoms with Crippen molar-refractivity contribution in [3.63, 3.8) is 0 Å². The molecule has 186 valence electrons. The Hall–Kier alpha value is -3.76. The number of halogens is 2. The average Bonchev–Trinajstić information content (AvgIpc) is 3.27. The molecule has 1 fully saturated rings. The van der Waals surface area contributed by atoms with Crippen LogP contribution in [-0.2, 0) is 0 Å². The number of tetrazole rings is 1. The van der Waals surface area contributed by atoms with E-state index in [-0.39, 0.29) is 10.8 Å². The number of thiophene rings is 1. The van der Waals surface area contributed by atoms with Crippen molar-refractivity contribution in [1.29, 1.82) is 0 Å². The second-order valence-electron chi connectivity index (χ2n) is 9.17. The predicted molar refractivity (Wildman–Crippen MR) is 139 cm³/mol. The van der Waals surface area contributed by atoms with Gasteiger partial charge < -0.3 is 5.11 Å². The van der Waals surface area contributed by atoms with Gasteiger partial charge in [-0.2, -0.15) is 4.68 Å². The Morgan fingerprint density at radius 3 is 2.78 bits per heavy atom. The van der Waals surface area contributed by atoms with E-state index in [9.17, 15) is 14.3 Å². The zero-order valence-electron chi connectivity index (χ0n) is 19.4. The molecule has 1 aliphatic heterocycles. The first kappa shape index (κ1) is 23.6. The maximum Gasteiger partial charge on any atom is 0.348 e. The van der Waals surface area contributed by atoms with Gasteiger partial charge in [-0.05, 0) is 52.6 Å². The van der Waals surface area contributed by atoms with E-state index in [2.05, 4.69) is 20.5 Å². The standard InChI is InChI=1S/C26H20ClFN6O2S/c27-17-4-6-23(34-13-31-32-33-34)18(9-17)15-3-5-21(29-10-15)19(7-14-1-2-14)22-8-16(11-30-22)20-12-37-25(24(20)28)26(35)36/h3-6,9-14,19H,1-2,7-8H2,(H,35,36). The SMILES string of the molecule is O=C(O)c1scc(C2=CN=C(C(CC3CC3)c3ccc(-c4cc(Cl)ccc4-n4cnnn4)cn3)C2)c1F. The minimum Gasteiger partial charge on any atom is -0.477 e. The van der Waals surface area contributed by atoms with Crippen molar-refractivity contribution in [3.8, 4) is 16.8 Å². The Morgan fingerprint density at radius 2 is 2.11 bits per heavy atom. The lowest BCUT2D eigenvalue weighted by Gasteiger charge is -2.18. The van der Waals surface area contributed by atoms with Crippen molar-refractivity contribution in [2.75, 3.05) is 0 Å². The van der Waals surface area contributed by atoms with Crippen LogP contribution in [-0.4, -0.2) is 42.0 Å². The Bertz CT molecular complexity index is 1540. The van der Waals surface area contributed by atoms with Gasteiger partial charge in [0.1, 0.15) is 11.2 Å². The first-order valence-electron chi connectivity index (χ1n) is 11.7. The molecule has 1 N–H and O–H groups in total. The Labute approximate surface area is 220 Å². The summed E-state index contributed by atoms with van der Waals surface area (Å²) in [4.78, 5) is 20.5. The summed E-state index contributed by atoms with van der Waals surface area (Å²) in [5.41, 5.74) is 5.32. The third-order valence-corrected chi connectivity index (χ3v) is 7.88. The molecule has 0 spiro atoms. The molecule has 1 saturated carbocycles. The molecule has 4 aromatic rings. The molecule has 6 rings (SSSR count). The fraction of sp³-hybridized carbons (Fsp3) is 0.231. The van der Waals surface area contributed by atoms with Gasteiger partial charge in [0.15, 0.2) is 5.82 Å². The molecule has 1 atom stereocenters. The van der Waals surface area contributed by atoms with Crippen molar-refractivity contribution in [1.82, 2.24) is 25.2 Å². The van der Waals surface area contributed by atoms with Gasteiger partial charge in [-0.25, -0.2) is 9.18 Å². The van der Waals surface area contributed by atoms with E-state index < -0.39 is 11.8 Å². The smallest absolute Gasteiger partial charge is 0.348 e. The highest BCUT2D eigenvalue weighted by Crippen LogP contribution is 2.42. The molecule has 37 heavy (non-hydrogen) atoms. The number of hydrogen-bond acceptors (Lipinski definition) is 7. The predicted octanol–water partition coefficient (Wildman–Crippen LogP) is 6.05. The second-order valence-corrected chi connectivity index (χ2v) is 10.5. The molecule has 2 aliphatic rings. The molecular formula is C26H20ClFN6O2S. The van der Waals surface area contributed by atoms with Crippen LogP contribution < -0.4 is 0 Å². The summed E-state index contributed by atoms with van der Waals surface area (Å²) in [6.45, 7) is 0. The summed E-state index contributed by atoms with van der Waals surface area (Å²) in [6.07, 6.45) is 8.75. The summed E-state index contributed by atoms with van der Waals surface area (Å²) in [7, 11) is 0. The summed E-state index contributed by atoms with van der Waals surface area (Å²) >= 11 is 7.19. The fourth-order valence-electron chi connectivity index (χ4n) is 4.63. The normalized spacial score (nSPS) is 15.9. The number of carboxylic acid groups (broad SMARTS) is 1. The zero-order valence-corrected chi connectivity index (χ0v) is 21.0. The molecular weight excluding hydrogens is 515 g/mol. The van der Waals surface area contributed by atoms with Gasteiger partial charge in [-0.1, -0.05) is 30.5 Å². The average molecular weight is 535 g/mol. The van der Waals surface area contributed by atoms with Gasteiger partial charge in [0, 0.05) is 63.2 Å². The van der Waals surface area contributed by atoms with E-state index in [4.69, 9.17) is 16.6 Å². The van der Waals surface area contributed by atoms with E-state index in [1.54, 1.807) is 22.3 Å². The lowest BCUT2D eigenvalue weighted by atomic mass is 9.88. The maximum absolute atomic E-state index is 14.7. The monoisotopic (exact) mass is 534 g/mol. The molecule has 11 heteroatoms. The highest BCUT2D eigenvalue weighted by Gasteiger charge is 2.32. The molecule has 8 nitrogen and oxygen atoms in total. The summed E-state index contributed by atoms with van der Waals surface area (Å²) in [5.74, 6) is -1.34. The quantitative estimate of drug-likeness (QED) is 0.295. The minimum atomic E-state index is -1.26. The number of benzene rings is 1. The first-order chi connectivity index (χ1) is 18.0. The maximum atomic E-state index is 14.7. The number of aliphatic imine (C=N–C) groups is 1. The van der Waals surface area contributed by atoms with Gasteiger partial charge in [0.05, 0.1) is 5.69 Å². The van der Waals surface area contributed by atoms with Gasteiger partial charge in [-0.15, -0.1) is 16.4 Å². The van der Waals surface area contributed by atoms with Crippen LogP contribution in [0, 0.1) is 11.7 Å². The first-order valence-corrected chi connectivity index (χ1v) is 13.0. The summed E-state index contributed by atoms with van der Waals surface area (Å²) in [6, 6.07) is 9.50. The lowest BCUT2D eigenvalue weighted by Crippen LogP contribution is -2.14. The second kappa shape index (κ2) is 9.60. The minimum absolute atomic E-state index is 0.00529. The van der Waals surface area contributed by atoms with E-state index in [1.165, 1.54) is 19.2 Å². The van der Waals surface area contributed by atoms with Gasteiger partial charge >= 0.3 is 5.97 Å². The third-order valence-electron chi connectivity index (χ3n) is 6.71. The zero-order chi connectivity index (χ0) is 25.5. The van der Waals surface area contributed by atoms with Crippen LogP contribution in [0.25, 0.3) is 22.4 Å². The topological polar surface area (TPSA) is 106 Å². The number of carbonyl (C=O) groups is 1. The molecule has 0 amide bonds. The van der Waals surface area contributed by atoms with Crippen LogP contribution >= 0.6 is 22.9 Å². The van der Waals surface area contributed by atoms with Crippen molar-refractivity contribution in [2.24, 2.45) is 10.9 Å². The van der Waals surface area contributed by atoms with E-state index in [0.717, 1.165) is 46.0 Å². The number of rotatable bonds is 8. The Balaban J connectivity index is 1.27. The molecule has 1 aliphatic carbocycles. The number of pyridine rings is 1. The molecule has 0 saturated heterocycles. The molecule has 3 aromatic heterocycles. The highest BCUT2D eigenvalue weighted by atomic mass is 35.5. The van der Waals surface area contributed by atoms with Crippen molar-refractivity contribution >= 4 is 40.2 Å². The van der Waals surface area contributed by atoms with Crippen LogP contribution in [0.5, 0.6) is 0 Å². The number of allylic oxidation sites excluding steroid dienone is 1. The van der Waals surface area contributed by atoms with E-state index >= 15 is 0 Å². The number of hydrogen-bond donors (Lipinski definition) is 1. The van der Waals surface area contributed by atoms with E-state index in [0.29, 0.717) is 28.5 Å². The fourth-order valence-corrected chi connectivity index (χ4v) is 5.60. The van der Waals surface area contributed by atoms with Gasteiger partial charge in [-0.3, -0.25) is 9.98 Å².